The Morgan fingerprint density at radius 2 is 2.15 bits per heavy atom. The number of rotatable bonds is 5. The summed E-state index contributed by atoms with van der Waals surface area (Å²) < 4.78 is 14.0. The molecular formula is C16H15FN2S. The number of thiophene rings is 1. The van der Waals surface area contributed by atoms with E-state index in [0.717, 1.165) is 6.54 Å². The smallest absolute Gasteiger partial charge is 0.129 e. The molecule has 4 heteroatoms. The number of benzene rings is 1. The highest BCUT2D eigenvalue weighted by Gasteiger charge is 2.29. The van der Waals surface area contributed by atoms with Crippen molar-refractivity contribution >= 4 is 11.3 Å². The van der Waals surface area contributed by atoms with Crippen molar-refractivity contribution in [2.75, 3.05) is 0 Å². The summed E-state index contributed by atoms with van der Waals surface area (Å²) in [4.78, 5) is 2.33. The van der Waals surface area contributed by atoms with Crippen LogP contribution in [0, 0.1) is 17.1 Å². The Hall–Kier alpha value is -1.70. The molecule has 1 saturated carbocycles. The molecule has 0 spiro atoms. The second-order valence-electron chi connectivity index (χ2n) is 5.19. The van der Waals surface area contributed by atoms with Crippen LogP contribution in [-0.2, 0) is 13.1 Å². The van der Waals surface area contributed by atoms with E-state index >= 15 is 0 Å². The van der Waals surface area contributed by atoms with Crippen LogP contribution in [0.25, 0.3) is 0 Å². The maximum atomic E-state index is 14.0. The molecule has 1 aliphatic rings. The zero-order valence-electron chi connectivity index (χ0n) is 11.1. The fraction of sp³-hybridized carbons (Fsp3) is 0.312. The molecule has 0 N–H and O–H groups in total. The SMILES string of the molecule is N#Cc1ccc(CN(Cc2ccsc2)C2CC2)c(F)c1. The first-order valence-corrected chi connectivity index (χ1v) is 7.64. The number of halogens is 1. The van der Waals surface area contributed by atoms with Crippen LogP contribution in [-0.4, -0.2) is 10.9 Å². The summed E-state index contributed by atoms with van der Waals surface area (Å²) in [6.07, 6.45) is 2.39. The van der Waals surface area contributed by atoms with Gasteiger partial charge in [-0.25, -0.2) is 4.39 Å². The Morgan fingerprint density at radius 1 is 1.30 bits per heavy atom. The Morgan fingerprint density at radius 3 is 2.75 bits per heavy atom. The number of nitriles is 1. The van der Waals surface area contributed by atoms with Crippen molar-refractivity contribution in [3.8, 4) is 6.07 Å². The highest BCUT2D eigenvalue weighted by Crippen LogP contribution is 2.30. The first-order valence-electron chi connectivity index (χ1n) is 6.70. The first kappa shape index (κ1) is 13.3. The standard InChI is InChI=1S/C16H15FN2S/c17-16-7-12(8-18)1-2-14(16)10-19(15-3-4-15)9-13-5-6-20-11-13/h1-2,5-7,11,15H,3-4,9-10H2. The lowest BCUT2D eigenvalue weighted by Crippen LogP contribution is -2.25. The topological polar surface area (TPSA) is 27.0 Å². The molecule has 1 aromatic carbocycles. The van der Waals surface area contributed by atoms with Crippen LogP contribution in [0.15, 0.2) is 35.0 Å². The van der Waals surface area contributed by atoms with Gasteiger partial charge in [0.25, 0.3) is 0 Å². The third-order valence-corrected chi connectivity index (χ3v) is 4.32. The van der Waals surface area contributed by atoms with Crippen molar-refractivity contribution in [2.45, 2.75) is 32.0 Å². The van der Waals surface area contributed by atoms with Gasteiger partial charge in [0.1, 0.15) is 5.82 Å². The lowest BCUT2D eigenvalue weighted by molar-refractivity contribution is 0.242. The van der Waals surface area contributed by atoms with Gasteiger partial charge in [0.05, 0.1) is 11.6 Å². The summed E-state index contributed by atoms with van der Waals surface area (Å²) >= 11 is 1.69. The zero-order valence-corrected chi connectivity index (χ0v) is 11.9. The summed E-state index contributed by atoms with van der Waals surface area (Å²) in [6, 6.07) is 9.41. The van der Waals surface area contributed by atoms with E-state index in [-0.39, 0.29) is 5.82 Å². The second-order valence-corrected chi connectivity index (χ2v) is 5.97. The molecular weight excluding hydrogens is 271 g/mol. The summed E-state index contributed by atoms with van der Waals surface area (Å²) in [5, 5.41) is 13.0. The van der Waals surface area contributed by atoms with E-state index in [1.807, 2.05) is 6.07 Å². The van der Waals surface area contributed by atoms with Gasteiger partial charge >= 0.3 is 0 Å². The molecule has 1 heterocycles. The Labute approximate surface area is 122 Å². The van der Waals surface area contributed by atoms with E-state index in [0.29, 0.717) is 23.7 Å². The van der Waals surface area contributed by atoms with E-state index in [9.17, 15) is 4.39 Å². The van der Waals surface area contributed by atoms with Crippen molar-refractivity contribution in [1.29, 1.82) is 5.26 Å². The maximum absolute atomic E-state index is 14.0. The van der Waals surface area contributed by atoms with E-state index in [4.69, 9.17) is 5.26 Å². The molecule has 20 heavy (non-hydrogen) atoms. The van der Waals surface area contributed by atoms with Gasteiger partial charge in [-0.3, -0.25) is 4.90 Å². The Bertz CT molecular complexity index is 626. The summed E-state index contributed by atoms with van der Waals surface area (Å²) in [7, 11) is 0. The van der Waals surface area contributed by atoms with Crippen molar-refractivity contribution in [2.24, 2.45) is 0 Å². The van der Waals surface area contributed by atoms with E-state index in [1.165, 1.54) is 24.5 Å². The van der Waals surface area contributed by atoms with Crippen LogP contribution in [0.2, 0.25) is 0 Å². The van der Waals surface area contributed by atoms with Crippen molar-refractivity contribution in [1.82, 2.24) is 4.90 Å². The molecule has 1 aliphatic carbocycles. The Kier molecular flexibility index (Phi) is 3.81. The van der Waals surface area contributed by atoms with Crippen LogP contribution < -0.4 is 0 Å². The predicted octanol–water partition coefficient (Wildman–Crippen LogP) is 3.92. The second kappa shape index (κ2) is 5.74. The van der Waals surface area contributed by atoms with E-state index in [1.54, 1.807) is 23.5 Å². The van der Waals surface area contributed by atoms with Crippen molar-refractivity contribution in [3.63, 3.8) is 0 Å². The Balaban J connectivity index is 1.75. The lowest BCUT2D eigenvalue weighted by atomic mass is 10.1. The predicted molar refractivity (Wildman–Crippen MR) is 77.7 cm³/mol. The van der Waals surface area contributed by atoms with Gasteiger partial charge in [-0.1, -0.05) is 6.07 Å². The summed E-state index contributed by atoms with van der Waals surface area (Å²) in [6.45, 7) is 1.48. The van der Waals surface area contributed by atoms with Gasteiger partial charge in [-0.15, -0.1) is 0 Å². The molecule has 3 rings (SSSR count). The molecule has 0 bridgehead atoms. The highest BCUT2D eigenvalue weighted by molar-refractivity contribution is 7.07. The van der Waals surface area contributed by atoms with Gasteiger partial charge in [0, 0.05) is 24.7 Å². The third kappa shape index (κ3) is 3.06. The van der Waals surface area contributed by atoms with Crippen LogP contribution in [0.4, 0.5) is 4.39 Å². The average Bonchev–Trinajstić information content (AvgIpc) is 3.18. The fourth-order valence-electron chi connectivity index (χ4n) is 2.33. The average molecular weight is 286 g/mol. The van der Waals surface area contributed by atoms with Gasteiger partial charge < -0.3 is 0 Å². The minimum Gasteiger partial charge on any atom is -0.292 e. The summed E-state index contributed by atoms with van der Waals surface area (Å²) in [5.74, 6) is -0.278. The monoisotopic (exact) mass is 286 g/mol. The van der Waals surface area contributed by atoms with Gasteiger partial charge in [-0.05, 0) is 47.4 Å². The molecule has 2 aromatic rings. The number of nitrogens with zero attached hydrogens (tertiary/aromatic N) is 2. The minimum absolute atomic E-state index is 0.278. The minimum atomic E-state index is -0.278. The highest BCUT2D eigenvalue weighted by atomic mass is 32.1. The quantitative estimate of drug-likeness (QED) is 0.833. The van der Waals surface area contributed by atoms with Gasteiger partial charge in [0.15, 0.2) is 0 Å². The van der Waals surface area contributed by atoms with Gasteiger partial charge in [-0.2, -0.15) is 16.6 Å². The van der Waals surface area contributed by atoms with E-state index < -0.39 is 0 Å². The largest absolute Gasteiger partial charge is 0.292 e. The molecule has 2 nitrogen and oxygen atoms in total. The first-order chi connectivity index (χ1) is 9.76. The molecule has 0 amide bonds. The van der Waals surface area contributed by atoms with Gasteiger partial charge in [0.2, 0.25) is 0 Å². The van der Waals surface area contributed by atoms with Crippen molar-refractivity contribution in [3.05, 3.63) is 57.5 Å². The van der Waals surface area contributed by atoms with Crippen LogP contribution >= 0.6 is 11.3 Å². The maximum Gasteiger partial charge on any atom is 0.129 e. The van der Waals surface area contributed by atoms with Crippen molar-refractivity contribution < 1.29 is 4.39 Å². The zero-order chi connectivity index (χ0) is 13.9. The van der Waals surface area contributed by atoms with Crippen LogP contribution in [0.3, 0.4) is 0 Å². The lowest BCUT2D eigenvalue weighted by Gasteiger charge is -2.22. The van der Waals surface area contributed by atoms with Crippen LogP contribution in [0.1, 0.15) is 29.5 Å². The number of hydrogen-bond acceptors (Lipinski definition) is 3. The molecule has 102 valence electrons. The third-order valence-electron chi connectivity index (χ3n) is 3.58. The molecule has 0 saturated heterocycles. The fourth-order valence-corrected chi connectivity index (χ4v) is 2.99. The molecule has 0 aliphatic heterocycles. The molecule has 1 aromatic heterocycles. The molecule has 0 radical (unpaired) electrons. The van der Waals surface area contributed by atoms with E-state index in [2.05, 4.69) is 21.7 Å². The number of hydrogen-bond donors (Lipinski definition) is 0. The normalized spacial score (nSPS) is 14.4. The molecule has 0 unspecified atom stereocenters. The molecule has 0 atom stereocenters. The molecule has 1 fully saturated rings. The van der Waals surface area contributed by atoms with Crippen LogP contribution in [0.5, 0.6) is 0 Å². The summed E-state index contributed by atoms with van der Waals surface area (Å²) in [5.41, 5.74) is 2.34.